The van der Waals surface area contributed by atoms with Gasteiger partial charge in [0.25, 0.3) is 11.6 Å². The number of rotatable bonds is 5. The number of nitrogens with zero attached hydrogens (tertiary/aromatic N) is 1. The summed E-state index contributed by atoms with van der Waals surface area (Å²) in [6.07, 6.45) is 0. The average Bonchev–Trinajstić information content (AvgIpc) is 2.81. The molecule has 164 valence electrons. The highest BCUT2D eigenvalue weighted by Gasteiger charge is 2.39. The van der Waals surface area contributed by atoms with Crippen molar-refractivity contribution in [2.45, 2.75) is 0 Å². The van der Waals surface area contributed by atoms with Crippen molar-refractivity contribution < 1.29 is 28.8 Å². The summed E-state index contributed by atoms with van der Waals surface area (Å²) < 4.78 is 5.56. The maximum Gasteiger partial charge on any atom is 0.345 e. The fourth-order valence-corrected chi connectivity index (χ4v) is 3.87. The minimum atomic E-state index is -1.18. The van der Waals surface area contributed by atoms with Gasteiger partial charge in [-0.1, -0.05) is 36.4 Å². The van der Waals surface area contributed by atoms with Crippen LogP contribution >= 0.6 is 15.9 Å². The number of halogens is 1. The van der Waals surface area contributed by atoms with E-state index in [1.54, 1.807) is 30.3 Å². The fourth-order valence-electron chi connectivity index (χ4n) is 3.48. The van der Waals surface area contributed by atoms with Crippen LogP contribution in [0.5, 0.6) is 0 Å². The number of fused-ring (bicyclic) bond motifs is 2. The van der Waals surface area contributed by atoms with Gasteiger partial charge in [-0.15, -0.1) is 0 Å². The van der Waals surface area contributed by atoms with E-state index in [2.05, 4.69) is 21.2 Å². The summed E-state index contributed by atoms with van der Waals surface area (Å²) in [5.41, 5.74) is -1.44. The number of nitro groups is 1. The third-order valence-corrected chi connectivity index (χ3v) is 5.64. The van der Waals surface area contributed by atoms with Crippen LogP contribution in [0, 0.1) is 10.1 Å². The van der Waals surface area contributed by atoms with Crippen LogP contribution in [0.3, 0.4) is 0 Å². The molecule has 0 radical (unpaired) electrons. The first-order chi connectivity index (χ1) is 15.8. The van der Waals surface area contributed by atoms with Gasteiger partial charge in [0.05, 0.1) is 10.6 Å². The first-order valence-electron chi connectivity index (χ1n) is 9.51. The van der Waals surface area contributed by atoms with Crippen LogP contribution in [0.4, 0.5) is 11.4 Å². The van der Waals surface area contributed by atoms with Gasteiger partial charge in [0.1, 0.15) is 11.1 Å². The Bertz CT molecular complexity index is 1370. The Morgan fingerprint density at radius 1 is 0.909 bits per heavy atom. The highest BCUT2D eigenvalue weighted by molar-refractivity contribution is 9.10. The van der Waals surface area contributed by atoms with Gasteiger partial charge >= 0.3 is 5.97 Å². The number of ketones is 2. The van der Waals surface area contributed by atoms with Gasteiger partial charge in [0, 0.05) is 21.2 Å². The first kappa shape index (κ1) is 22.0. The van der Waals surface area contributed by atoms with Crippen LogP contribution in [0.15, 0.2) is 65.1 Å². The normalized spacial score (nSPS) is 11.9. The molecule has 9 nitrogen and oxygen atoms in total. The van der Waals surface area contributed by atoms with E-state index in [0.29, 0.717) is 10.2 Å². The highest BCUT2D eigenvalue weighted by atomic mass is 79.9. The van der Waals surface area contributed by atoms with E-state index >= 15 is 0 Å². The Kier molecular flexibility index (Phi) is 5.84. The summed E-state index contributed by atoms with van der Waals surface area (Å²) in [5.74, 6) is -3.15. The Morgan fingerprint density at radius 3 is 2.21 bits per heavy atom. The standard InChI is InChI=1S/C23H13BrN2O7/c24-16-7-3-4-8-17(16)25-18(27)11-33-23(30)15-10-9-14-19(20(15)26(31)32)22(29)13-6-2-1-5-12(13)21(14)28/h1-10H,11H2,(H,25,27). The lowest BCUT2D eigenvalue weighted by Gasteiger charge is -2.18. The number of hydrogen-bond donors (Lipinski definition) is 1. The largest absolute Gasteiger partial charge is 0.452 e. The smallest absolute Gasteiger partial charge is 0.345 e. The molecule has 0 unspecified atom stereocenters. The average molecular weight is 509 g/mol. The van der Waals surface area contributed by atoms with Gasteiger partial charge in [-0.05, 0) is 40.2 Å². The molecule has 1 aliphatic carbocycles. The number of nitro benzene ring substituents is 1. The molecular formula is C23H13BrN2O7. The zero-order valence-electron chi connectivity index (χ0n) is 16.7. The van der Waals surface area contributed by atoms with E-state index in [9.17, 15) is 29.3 Å². The Balaban J connectivity index is 1.62. The molecule has 4 rings (SSSR count). The first-order valence-corrected chi connectivity index (χ1v) is 10.3. The van der Waals surface area contributed by atoms with Crippen molar-refractivity contribution in [1.29, 1.82) is 0 Å². The lowest BCUT2D eigenvalue weighted by molar-refractivity contribution is -0.385. The molecular weight excluding hydrogens is 496 g/mol. The number of anilines is 1. The monoisotopic (exact) mass is 508 g/mol. The number of ether oxygens (including phenoxy) is 1. The van der Waals surface area contributed by atoms with Gasteiger partial charge in [-0.25, -0.2) is 4.79 Å². The number of carbonyl (C=O) groups excluding carboxylic acids is 4. The lowest BCUT2D eigenvalue weighted by Crippen LogP contribution is -2.25. The predicted octanol–water partition coefficient (Wildman–Crippen LogP) is 3.93. The van der Waals surface area contributed by atoms with Crippen molar-refractivity contribution in [3.8, 4) is 0 Å². The third kappa shape index (κ3) is 4.03. The maximum atomic E-state index is 13.0. The quantitative estimate of drug-likeness (QED) is 0.245. The third-order valence-electron chi connectivity index (χ3n) is 4.95. The molecule has 3 aromatic carbocycles. The molecule has 3 aromatic rings. The summed E-state index contributed by atoms with van der Waals surface area (Å²) >= 11 is 3.27. The fraction of sp³-hybridized carbons (Fsp3) is 0.0435. The highest BCUT2D eigenvalue weighted by Crippen LogP contribution is 2.35. The summed E-state index contributed by atoms with van der Waals surface area (Å²) in [6.45, 7) is -0.718. The summed E-state index contributed by atoms with van der Waals surface area (Å²) in [7, 11) is 0. The minimum absolute atomic E-state index is 0.0106. The lowest BCUT2D eigenvalue weighted by atomic mass is 9.82. The Morgan fingerprint density at radius 2 is 1.55 bits per heavy atom. The molecule has 0 spiro atoms. The van der Waals surface area contributed by atoms with E-state index in [1.807, 2.05) is 0 Å². The van der Waals surface area contributed by atoms with Gasteiger partial charge in [0.15, 0.2) is 12.4 Å². The molecule has 1 amide bonds. The van der Waals surface area contributed by atoms with Crippen LogP contribution in [0.25, 0.3) is 0 Å². The summed E-state index contributed by atoms with van der Waals surface area (Å²) in [5, 5.41) is 14.4. The number of amides is 1. The van der Waals surface area contributed by atoms with Crippen molar-refractivity contribution >= 4 is 50.7 Å². The molecule has 0 saturated carbocycles. The molecule has 0 fully saturated rings. The van der Waals surface area contributed by atoms with Crippen LogP contribution in [-0.2, 0) is 9.53 Å². The molecule has 1 aliphatic rings. The van der Waals surface area contributed by atoms with E-state index in [-0.39, 0.29) is 16.7 Å². The number of nitrogens with one attached hydrogen (secondary N) is 1. The topological polar surface area (TPSA) is 133 Å². The number of carbonyl (C=O) groups is 4. The second-order valence-corrected chi connectivity index (χ2v) is 7.80. The van der Waals surface area contributed by atoms with Gasteiger partial charge < -0.3 is 10.1 Å². The van der Waals surface area contributed by atoms with E-state index in [1.165, 1.54) is 24.3 Å². The van der Waals surface area contributed by atoms with E-state index < -0.39 is 51.8 Å². The van der Waals surface area contributed by atoms with Gasteiger partial charge in [-0.3, -0.25) is 24.5 Å². The Hall–Kier alpha value is -4.18. The number of benzene rings is 3. The molecule has 0 aromatic heterocycles. The Labute approximate surface area is 194 Å². The van der Waals surface area contributed by atoms with Crippen molar-refractivity contribution in [2.75, 3.05) is 11.9 Å². The summed E-state index contributed by atoms with van der Waals surface area (Å²) in [6, 6.07) is 14.9. The molecule has 0 atom stereocenters. The van der Waals surface area contributed by atoms with Crippen molar-refractivity contribution in [3.05, 3.63) is 103 Å². The number of esters is 1. The van der Waals surface area contributed by atoms with E-state index in [4.69, 9.17) is 4.74 Å². The molecule has 10 heteroatoms. The molecule has 33 heavy (non-hydrogen) atoms. The number of hydrogen-bond acceptors (Lipinski definition) is 7. The van der Waals surface area contributed by atoms with Gasteiger partial charge in [0.2, 0.25) is 5.78 Å². The second-order valence-electron chi connectivity index (χ2n) is 6.95. The van der Waals surface area contributed by atoms with Crippen molar-refractivity contribution in [3.63, 3.8) is 0 Å². The molecule has 0 saturated heterocycles. The second kappa shape index (κ2) is 8.75. The molecule has 0 aliphatic heterocycles. The molecule has 1 N–H and O–H groups in total. The SMILES string of the molecule is O=C(COC(=O)c1ccc2c(c1[N+](=O)[O-])C(=O)c1ccccc1C2=O)Nc1ccccc1Br. The molecule has 0 bridgehead atoms. The zero-order valence-corrected chi connectivity index (χ0v) is 18.2. The molecule has 0 heterocycles. The van der Waals surface area contributed by atoms with Crippen LogP contribution < -0.4 is 5.32 Å². The number of para-hydroxylation sites is 1. The maximum absolute atomic E-state index is 13.0. The van der Waals surface area contributed by atoms with Crippen LogP contribution in [0.2, 0.25) is 0 Å². The summed E-state index contributed by atoms with van der Waals surface area (Å²) in [4.78, 5) is 61.4. The minimum Gasteiger partial charge on any atom is -0.452 e. The van der Waals surface area contributed by atoms with Gasteiger partial charge in [-0.2, -0.15) is 0 Å². The van der Waals surface area contributed by atoms with Crippen molar-refractivity contribution in [1.82, 2.24) is 0 Å². The van der Waals surface area contributed by atoms with Crippen LogP contribution in [0.1, 0.15) is 42.2 Å². The van der Waals surface area contributed by atoms with Crippen LogP contribution in [-0.4, -0.2) is 35.0 Å². The zero-order chi connectivity index (χ0) is 23.7. The van der Waals surface area contributed by atoms with E-state index in [0.717, 1.165) is 6.07 Å². The van der Waals surface area contributed by atoms with Crippen molar-refractivity contribution in [2.24, 2.45) is 0 Å². The predicted molar refractivity (Wildman–Crippen MR) is 119 cm³/mol.